The van der Waals surface area contributed by atoms with Gasteiger partial charge in [-0.05, 0) is 23.9 Å². The van der Waals surface area contributed by atoms with Crippen molar-refractivity contribution in [3.8, 4) is 0 Å². The maximum atomic E-state index is 7.20. The molecule has 0 unspecified atom stereocenters. The van der Waals surface area contributed by atoms with Gasteiger partial charge in [0.15, 0.2) is 0 Å². The van der Waals surface area contributed by atoms with Crippen LogP contribution in [0.5, 0.6) is 0 Å². The summed E-state index contributed by atoms with van der Waals surface area (Å²) >= 11 is 1.31. The zero-order chi connectivity index (χ0) is 11.5. The molecular formula is C9H9N5OS. The molecule has 0 fully saturated rings. The van der Waals surface area contributed by atoms with Gasteiger partial charge in [0.25, 0.3) is 5.22 Å². The van der Waals surface area contributed by atoms with E-state index in [1.807, 2.05) is 0 Å². The van der Waals surface area contributed by atoms with Gasteiger partial charge < -0.3 is 10.2 Å². The molecule has 2 aromatic rings. The van der Waals surface area contributed by atoms with Gasteiger partial charge in [0, 0.05) is 18.0 Å². The van der Waals surface area contributed by atoms with E-state index < -0.39 is 0 Å². The molecule has 0 aliphatic rings. The van der Waals surface area contributed by atoms with Crippen molar-refractivity contribution in [2.75, 3.05) is 0 Å². The molecule has 2 heterocycles. The van der Waals surface area contributed by atoms with Crippen molar-refractivity contribution >= 4 is 17.6 Å². The Kier molecular flexibility index (Phi) is 2.86. The fourth-order valence-electron chi connectivity index (χ4n) is 1.02. The van der Waals surface area contributed by atoms with E-state index in [0.29, 0.717) is 16.8 Å². The smallest absolute Gasteiger partial charge is 0.281 e. The van der Waals surface area contributed by atoms with E-state index in [1.165, 1.54) is 11.8 Å². The number of rotatable bonds is 3. The van der Waals surface area contributed by atoms with E-state index in [2.05, 4.69) is 15.2 Å². The lowest BCUT2D eigenvalue weighted by Crippen LogP contribution is -2.12. The van der Waals surface area contributed by atoms with Crippen molar-refractivity contribution < 1.29 is 4.42 Å². The second kappa shape index (κ2) is 4.31. The van der Waals surface area contributed by atoms with Gasteiger partial charge in [-0.15, -0.1) is 10.2 Å². The Hall–Kier alpha value is -1.89. The second-order valence-electron chi connectivity index (χ2n) is 2.98. The maximum absolute atomic E-state index is 7.20. The van der Waals surface area contributed by atoms with Gasteiger partial charge >= 0.3 is 0 Å². The first-order valence-corrected chi connectivity index (χ1v) is 5.25. The molecule has 16 heavy (non-hydrogen) atoms. The van der Waals surface area contributed by atoms with Crippen LogP contribution in [0, 0.1) is 12.3 Å². The molecule has 0 aliphatic heterocycles. The fraction of sp³-hybridized carbons (Fsp3) is 0.111. The third kappa shape index (κ3) is 2.37. The molecule has 0 aliphatic carbocycles. The summed E-state index contributed by atoms with van der Waals surface area (Å²) < 4.78 is 5.21. The third-order valence-corrected chi connectivity index (χ3v) is 2.54. The van der Waals surface area contributed by atoms with Crippen molar-refractivity contribution in [2.24, 2.45) is 5.73 Å². The molecule has 6 nitrogen and oxygen atoms in total. The van der Waals surface area contributed by atoms with Crippen LogP contribution in [0.4, 0.5) is 0 Å². The lowest BCUT2D eigenvalue weighted by molar-refractivity contribution is 0.429. The monoisotopic (exact) mass is 235 g/mol. The number of aryl methyl sites for hydroxylation is 1. The first-order valence-electron chi connectivity index (χ1n) is 4.43. The number of aromatic nitrogens is 3. The van der Waals surface area contributed by atoms with Gasteiger partial charge in [0.2, 0.25) is 5.89 Å². The van der Waals surface area contributed by atoms with Gasteiger partial charge in [0.05, 0.1) is 0 Å². The number of nitrogens with one attached hydrogen (secondary N) is 1. The minimum absolute atomic E-state index is 0.0508. The highest BCUT2D eigenvalue weighted by Gasteiger charge is 2.05. The van der Waals surface area contributed by atoms with Gasteiger partial charge in [-0.25, -0.2) is 0 Å². The summed E-state index contributed by atoms with van der Waals surface area (Å²) in [6.45, 7) is 1.73. The zero-order valence-electron chi connectivity index (χ0n) is 8.47. The van der Waals surface area contributed by atoms with Crippen LogP contribution >= 0.6 is 11.8 Å². The molecule has 0 spiro atoms. The van der Waals surface area contributed by atoms with E-state index in [1.54, 1.807) is 25.3 Å². The largest absolute Gasteiger partial charge is 0.416 e. The van der Waals surface area contributed by atoms with E-state index in [4.69, 9.17) is 15.6 Å². The van der Waals surface area contributed by atoms with Crippen LogP contribution in [-0.4, -0.2) is 21.0 Å². The Balaban J connectivity index is 2.14. The number of amidine groups is 1. The SMILES string of the molecule is Cc1nnc(Sc2ccc(C(=N)N)nc2)o1. The standard InChI is InChI=1S/C9H9N5OS/c1-5-13-14-9(15-5)16-6-2-3-7(8(10)11)12-4-6/h2-4H,1H3,(H3,10,11). The Bertz CT molecular complexity index is 507. The molecule has 0 amide bonds. The normalized spacial score (nSPS) is 10.3. The topological polar surface area (TPSA) is 102 Å². The van der Waals surface area contributed by atoms with Crippen molar-refractivity contribution in [1.29, 1.82) is 5.41 Å². The predicted molar refractivity (Wildman–Crippen MR) is 58.4 cm³/mol. The van der Waals surface area contributed by atoms with Gasteiger partial charge in [0.1, 0.15) is 11.5 Å². The van der Waals surface area contributed by atoms with Crippen LogP contribution in [0.1, 0.15) is 11.6 Å². The Labute approximate surface area is 95.8 Å². The molecule has 0 bridgehead atoms. The minimum Gasteiger partial charge on any atom is -0.416 e. The molecule has 0 saturated heterocycles. The molecule has 0 atom stereocenters. The quantitative estimate of drug-likeness (QED) is 0.612. The minimum atomic E-state index is -0.0508. The van der Waals surface area contributed by atoms with E-state index in [-0.39, 0.29) is 5.84 Å². The molecule has 82 valence electrons. The average molecular weight is 235 g/mol. The number of pyridine rings is 1. The third-order valence-electron chi connectivity index (χ3n) is 1.72. The van der Waals surface area contributed by atoms with E-state index in [0.717, 1.165) is 4.90 Å². The number of nitrogen functional groups attached to an aromatic ring is 1. The summed E-state index contributed by atoms with van der Waals surface area (Å²) in [5, 5.41) is 15.2. The van der Waals surface area contributed by atoms with Crippen molar-refractivity contribution in [1.82, 2.24) is 15.2 Å². The predicted octanol–water partition coefficient (Wildman–Crippen LogP) is 1.21. The molecular weight excluding hydrogens is 226 g/mol. The fourth-order valence-corrected chi connectivity index (χ4v) is 1.71. The summed E-state index contributed by atoms with van der Waals surface area (Å²) in [6.07, 6.45) is 1.61. The summed E-state index contributed by atoms with van der Waals surface area (Å²) in [5.74, 6) is 0.473. The highest BCUT2D eigenvalue weighted by molar-refractivity contribution is 7.99. The summed E-state index contributed by atoms with van der Waals surface area (Å²) in [6, 6.07) is 3.47. The molecule has 2 aromatic heterocycles. The molecule has 0 aromatic carbocycles. The molecule has 0 radical (unpaired) electrons. The zero-order valence-corrected chi connectivity index (χ0v) is 9.28. The summed E-state index contributed by atoms with van der Waals surface area (Å²) in [4.78, 5) is 4.88. The summed E-state index contributed by atoms with van der Waals surface area (Å²) in [5.41, 5.74) is 5.74. The van der Waals surface area contributed by atoms with Gasteiger partial charge in [-0.1, -0.05) is 0 Å². The summed E-state index contributed by atoms with van der Waals surface area (Å²) in [7, 11) is 0. The van der Waals surface area contributed by atoms with Crippen molar-refractivity contribution in [3.63, 3.8) is 0 Å². The van der Waals surface area contributed by atoms with E-state index >= 15 is 0 Å². The van der Waals surface area contributed by atoms with Gasteiger partial charge in [-0.3, -0.25) is 10.4 Å². The lowest BCUT2D eigenvalue weighted by atomic mass is 10.3. The number of hydrogen-bond donors (Lipinski definition) is 2. The van der Waals surface area contributed by atoms with Crippen LogP contribution in [0.3, 0.4) is 0 Å². The van der Waals surface area contributed by atoms with Crippen molar-refractivity contribution in [2.45, 2.75) is 17.0 Å². The number of nitrogens with zero attached hydrogens (tertiary/aromatic N) is 3. The first kappa shape index (κ1) is 10.6. The molecule has 2 rings (SSSR count). The van der Waals surface area contributed by atoms with Crippen LogP contribution in [0.15, 0.2) is 32.9 Å². The van der Waals surface area contributed by atoms with E-state index in [9.17, 15) is 0 Å². The molecule has 0 saturated carbocycles. The van der Waals surface area contributed by atoms with Crippen LogP contribution in [0.25, 0.3) is 0 Å². The molecule has 3 N–H and O–H groups in total. The molecule has 7 heteroatoms. The average Bonchev–Trinajstić information content (AvgIpc) is 2.65. The van der Waals surface area contributed by atoms with Crippen molar-refractivity contribution in [3.05, 3.63) is 29.9 Å². The Morgan fingerprint density at radius 2 is 2.25 bits per heavy atom. The van der Waals surface area contributed by atoms with Gasteiger partial charge in [-0.2, -0.15) is 0 Å². The highest BCUT2D eigenvalue weighted by atomic mass is 32.2. The van der Waals surface area contributed by atoms with Crippen LogP contribution in [-0.2, 0) is 0 Å². The Morgan fingerprint density at radius 1 is 1.44 bits per heavy atom. The van der Waals surface area contributed by atoms with Crippen LogP contribution < -0.4 is 5.73 Å². The first-order chi connectivity index (χ1) is 7.65. The second-order valence-corrected chi connectivity index (χ2v) is 4.01. The number of nitrogens with two attached hydrogens (primary N) is 1. The maximum Gasteiger partial charge on any atom is 0.281 e. The number of hydrogen-bond acceptors (Lipinski definition) is 6. The Morgan fingerprint density at radius 3 is 2.75 bits per heavy atom. The lowest BCUT2D eigenvalue weighted by Gasteiger charge is -1.98. The van der Waals surface area contributed by atoms with Crippen LogP contribution in [0.2, 0.25) is 0 Å². The highest BCUT2D eigenvalue weighted by Crippen LogP contribution is 2.25.